The molecular formula is C43H48N2O6. The van der Waals surface area contributed by atoms with Gasteiger partial charge in [-0.2, -0.15) is 0 Å². The van der Waals surface area contributed by atoms with Gasteiger partial charge in [0.1, 0.15) is 19.0 Å². The number of hydrogen-bond donors (Lipinski definition) is 3. The maximum absolute atomic E-state index is 13.8. The second-order valence-corrected chi connectivity index (χ2v) is 13.1. The zero-order valence-electron chi connectivity index (χ0n) is 29.0. The smallest absolute Gasteiger partial charge is 0.309 e. The molecule has 4 unspecified atom stereocenters. The number of rotatable bonds is 12. The topological polar surface area (TPSA) is 114 Å². The number of benzene rings is 4. The van der Waals surface area contributed by atoms with Crippen LogP contribution in [0.25, 0.3) is 0 Å². The number of allylic oxidation sites excluding steroid dienone is 2. The molecule has 0 saturated carbocycles. The first-order valence-corrected chi connectivity index (χ1v) is 17.8. The van der Waals surface area contributed by atoms with E-state index in [9.17, 15) is 19.5 Å². The lowest BCUT2D eigenvalue weighted by Gasteiger charge is -2.25. The number of ether oxygens (including phenoxy) is 2. The quantitative estimate of drug-likeness (QED) is 0.113. The highest BCUT2D eigenvalue weighted by Crippen LogP contribution is 2.22. The van der Waals surface area contributed by atoms with Crippen molar-refractivity contribution in [3.05, 3.63) is 150 Å². The Balaban J connectivity index is 1.21. The molecule has 266 valence electrons. The largest absolute Gasteiger partial charge is 0.489 e. The Morgan fingerprint density at radius 1 is 0.824 bits per heavy atom. The van der Waals surface area contributed by atoms with E-state index in [1.54, 1.807) is 0 Å². The minimum absolute atomic E-state index is 0.0166. The number of aliphatic hydroxyl groups is 1. The van der Waals surface area contributed by atoms with Gasteiger partial charge in [0.2, 0.25) is 11.8 Å². The van der Waals surface area contributed by atoms with Gasteiger partial charge in [-0.25, -0.2) is 0 Å². The molecule has 0 saturated heterocycles. The minimum atomic E-state index is -0.655. The monoisotopic (exact) mass is 688 g/mol. The molecule has 1 aliphatic rings. The zero-order valence-corrected chi connectivity index (χ0v) is 29.0. The predicted molar refractivity (Wildman–Crippen MR) is 198 cm³/mol. The van der Waals surface area contributed by atoms with E-state index in [0.717, 1.165) is 40.8 Å². The van der Waals surface area contributed by atoms with E-state index in [1.165, 1.54) is 0 Å². The SMILES string of the molecule is O=C(CC1CC=CCCCC(Cc2ccccc2)C(=O)OCC(c2ccccc2)NC1=O)NC(CO)Cc1ccc(OCc2ccccc2)cc1. The van der Waals surface area contributed by atoms with E-state index in [4.69, 9.17) is 9.47 Å². The highest BCUT2D eigenvalue weighted by molar-refractivity contribution is 5.86. The highest BCUT2D eigenvalue weighted by Gasteiger charge is 2.28. The molecule has 0 aliphatic carbocycles. The molecule has 3 N–H and O–H groups in total. The summed E-state index contributed by atoms with van der Waals surface area (Å²) < 4.78 is 11.8. The molecule has 0 aromatic heterocycles. The first-order valence-electron chi connectivity index (χ1n) is 17.8. The van der Waals surface area contributed by atoms with Crippen molar-refractivity contribution in [2.75, 3.05) is 13.2 Å². The molecular weight excluding hydrogens is 640 g/mol. The van der Waals surface area contributed by atoms with Crippen LogP contribution >= 0.6 is 0 Å². The van der Waals surface area contributed by atoms with E-state index in [1.807, 2.05) is 127 Å². The van der Waals surface area contributed by atoms with Crippen molar-refractivity contribution in [3.63, 3.8) is 0 Å². The van der Waals surface area contributed by atoms with Gasteiger partial charge in [-0.15, -0.1) is 0 Å². The Hall–Kier alpha value is -5.21. The number of hydrogen-bond acceptors (Lipinski definition) is 6. The molecule has 4 aromatic carbocycles. The molecule has 0 bridgehead atoms. The highest BCUT2D eigenvalue weighted by atomic mass is 16.5. The molecule has 8 nitrogen and oxygen atoms in total. The van der Waals surface area contributed by atoms with E-state index >= 15 is 0 Å². The Kier molecular flexibility index (Phi) is 14.4. The summed E-state index contributed by atoms with van der Waals surface area (Å²) in [4.78, 5) is 40.5. The van der Waals surface area contributed by atoms with Gasteiger partial charge in [0, 0.05) is 6.42 Å². The van der Waals surface area contributed by atoms with Crippen LogP contribution in [-0.4, -0.2) is 42.1 Å². The van der Waals surface area contributed by atoms with E-state index < -0.39 is 18.0 Å². The molecule has 0 spiro atoms. The summed E-state index contributed by atoms with van der Waals surface area (Å²) in [6.45, 7) is 0.199. The van der Waals surface area contributed by atoms with E-state index in [0.29, 0.717) is 32.3 Å². The van der Waals surface area contributed by atoms with E-state index in [2.05, 4.69) is 10.6 Å². The van der Waals surface area contributed by atoms with Crippen LogP contribution in [0.4, 0.5) is 0 Å². The lowest BCUT2D eigenvalue weighted by atomic mass is 9.93. The fourth-order valence-electron chi connectivity index (χ4n) is 6.24. The zero-order chi connectivity index (χ0) is 35.7. The van der Waals surface area contributed by atoms with Crippen LogP contribution in [0, 0.1) is 11.8 Å². The maximum atomic E-state index is 13.8. The van der Waals surface area contributed by atoms with Crippen LogP contribution in [0.5, 0.6) is 5.75 Å². The fraction of sp³-hybridized carbons (Fsp3) is 0.326. The third kappa shape index (κ3) is 12.3. The van der Waals surface area contributed by atoms with Gasteiger partial charge in [-0.1, -0.05) is 115 Å². The lowest BCUT2D eigenvalue weighted by Crippen LogP contribution is -2.42. The Labute approximate surface area is 300 Å². The van der Waals surface area contributed by atoms with Crippen molar-refractivity contribution in [3.8, 4) is 5.75 Å². The Morgan fingerprint density at radius 2 is 1.49 bits per heavy atom. The van der Waals surface area contributed by atoms with Crippen molar-refractivity contribution in [1.29, 1.82) is 0 Å². The normalized spacial score (nSPS) is 19.2. The second kappa shape index (κ2) is 19.8. The van der Waals surface area contributed by atoms with Crippen LogP contribution in [-0.2, 0) is 38.6 Å². The van der Waals surface area contributed by atoms with Crippen LogP contribution in [0.3, 0.4) is 0 Å². The molecule has 8 heteroatoms. The third-order valence-electron chi connectivity index (χ3n) is 9.12. The van der Waals surface area contributed by atoms with Gasteiger partial charge in [0.25, 0.3) is 0 Å². The number of esters is 1. The van der Waals surface area contributed by atoms with Crippen molar-refractivity contribution in [1.82, 2.24) is 10.6 Å². The summed E-state index contributed by atoms with van der Waals surface area (Å²) in [6, 6.07) is 35.8. The number of carbonyl (C=O) groups excluding carboxylic acids is 3. The summed E-state index contributed by atoms with van der Waals surface area (Å²) >= 11 is 0. The number of amides is 2. The first kappa shape index (κ1) is 37.1. The summed E-state index contributed by atoms with van der Waals surface area (Å²) in [7, 11) is 0. The van der Waals surface area contributed by atoms with Crippen LogP contribution in [0.2, 0.25) is 0 Å². The molecule has 0 radical (unpaired) electrons. The second-order valence-electron chi connectivity index (χ2n) is 13.1. The average molecular weight is 689 g/mol. The molecule has 4 aromatic rings. The molecule has 2 amide bonds. The fourth-order valence-corrected chi connectivity index (χ4v) is 6.24. The minimum Gasteiger partial charge on any atom is -0.489 e. The Morgan fingerprint density at radius 3 is 2.18 bits per heavy atom. The maximum Gasteiger partial charge on any atom is 0.309 e. The van der Waals surface area contributed by atoms with Crippen molar-refractivity contribution < 1.29 is 29.0 Å². The van der Waals surface area contributed by atoms with Crippen molar-refractivity contribution in [2.24, 2.45) is 11.8 Å². The molecule has 1 aliphatic heterocycles. The third-order valence-corrected chi connectivity index (χ3v) is 9.12. The number of nitrogens with one attached hydrogen (secondary N) is 2. The lowest BCUT2D eigenvalue weighted by molar-refractivity contribution is -0.150. The van der Waals surface area contributed by atoms with Gasteiger partial charge in [0.15, 0.2) is 0 Å². The summed E-state index contributed by atoms with van der Waals surface area (Å²) in [5.41, 5.74) is 3.90. The van der Waals surface area contributed by atoms with Crippen LogP contribution in [0.15, 0.2) is 127 Å². The number of aliphatic hydroxyl groups excluding tert-OH is 1. The van der Waals surface area contributed by atoms with Gasteiger partial charge < -0.3 is 25.2 Å². The van der Waals surface area contributed by atoms with Crippen molar-refractivity contribution >= 4 is 17.8 Å². The van der Waals surface area contributed by atoms with Gasteiger partial charge >= 0.3 is 5.97 Å². The average Bonchev–Trinajstić information content (AvgIpc) is 3.16. The molecule has 5 rings (SSSR count). The molecule has 4 atom stereocenters. The summed E-state index contributed by atoms with van der Waals surface area (Å²) in [5, 5.41) is 16.1. The van der Waals surface area contributed by atoms with Crippen molar-refractivity contribution in [2.45, 2.75) is 63.6 Å². The molecule has 1 heterocycles. The van der Waals surface area contributed by atoms with Gasteiger partial charge in [-0.05, 0) is 72.9 Å². The van der Waals surface area contributed by atoms with Crippen LogP contribution in [0.1, 0.15) is 60.4 Å². The number of cyclic esters (lactones) is 1. The standard InChI is InChI=1S/C43H48N2O6/c46-29-38(27-33-22-24-39(25-23-33)50-30-34-16-8-4-9-17-34)44-41(47)28-36-20-10-1-2-11-21-37(26-32-14-6-3-7-15-32)43(49)51-31-40(45-42(36)48)35-18-12-5-13-19-35/h1,3-10,12-19,22-25,36-38,40,46H,2,11,20-21,26-31H2,(H,44,47)(H,45,48). The molecule has 0 fully saturated rings. The Bertz CT molecular complexity index is 1680. The first-order chi connectivity index (χ1) is 25.0. The summed E-state index contributed by atoms with van der Waals surface area (Å²) in [6.07, 6.45) is 7.52. The number of carbonyl (C=O) groups is 3. The van der Waals surface area contributed by atoms with Gasteiger partial charge in [-0.3, -0.25) is 14.4 Å². The molecule has 51 heavy (non-hydrogen) atoms. The van der Waals surface area contributed by atoms with Gasteiger partial charge in [0.05, 0.1) is 30.5 Å². The summed E-state index contributed by atoms with van der Waals surface area (Å²) in [5.74, 6) is -1.12. The van der Waals surface area contributed by atoms with E-state index in [-0.39, 0.29) is 43.3 Å². The van der Waals surface area contributed by atoms with Crippen LogP contribution < -0.4 is 15.4 Å². The predicted octanol–water partition coefficient (Wildman–Crippen LogP) is 6.68.